The van der Waals surface area contributed by atoms with Gasteiger partial charge in [-0.2, -0.15) is 4.52 Å². The minimum absolute atomic E-state index is 0.0542. The third-order valence-corrected chi connectivity index (χ3v) is 5.81. The molecule has 0 amide bonds. The molecule has 4 aromatic rings. The highest BCUT2D eigenvalue weighted by Gasteiger charge is 2.12. The van der Waals surface area contributed by atoms with E-state index in [4.69, 9.17) is 9.88 Å². The van der Waals surface area contributed by atoms with Gasteiger partial charge < -0.3 is 4.74 Å². The Kier molecular flexibility index (Phi) is 4.92. The largest absolute Gasteiger partial charge is 0.493 e. The molecule has 0 atom stereocenters. The van der Waals surface area contributed by atoms with Gasteiger partial charge in [0.2, 0.25) is 10.0 Å². The number of benzene rings is 2. The molecule has 0 radical (unpaired) electrons. The van der Waals surface area contributed by atoms with Crippen LogP contribution in [0.3, 0.4) is 0 Å². The van der Waals surface area contributed by atoms with Gasteiger partial charge in [-0.15, -0.1) is 5.10 Å². The Bertz CT molecular complexity index is 1250. The van der Waals surface area contributed by atoms with Gasteiger partial charge in [0, 0.05) is 11.1 Å². The Morgan fingerprint density at radius 1 is 1.11 bits per heavy atom. The molecule has 2 N–H and O–H groups in total. The topological polar surface area (TPSA) is 112 Å². The lowest BCUT2D eigenvalue weighted by atomic mass is 10.2. The Labute approximate surface area is 165 Å². The number of aromatic nitrogens is 4. The fourth-order valence-corrected chi connectivity index (χ4v) is 4.02. The van der Waals surface area contributed by atoms with Crippen molar-refractivity contribution in [1.29, 1.82) is 0 Å². The molecule has 0 aliphatic carbocycles. The third kappa shape index (κ3) is 3.79. The first-order valence-electron chi connectivity index (χ1n) is 8.42. The average Bonchev–Trinajstić information content (AvgIpc) is 3.07. The zero-order valence-electron chi connectivity index (χ0n) is 14.9. The van der Waals surface area contributed by atoms with Crippen LogP contribution in [0.15, 0.2) is 58.6 Å². The number of aryl methyl sites for hydroxylation is 1. The number of ether oxygens (including phenoxy) is 1. The van der Waals surface area contributed by atoms with Crippen LogP contribution in [0, 0.1) is 6.92 Å². The van der Waals surface area contributed by atoms with Gasteiger partial charge in [0.25, 0.3) is 0 Å². The Balaban J connectivity index is 1.47. The molecule has 144 valence electrons. The first kappa shape index (κ1) is 18.7. The molecular formula is C18H17N5O3S2. The van der Waals surface area contributed by atoms with E-state index in [0.717, 1.165) is 21.7 Å². The molecule has 28 heavy (non-hydrogen) atoms. The zero-order chi connectivity index (χ0) is 19.7. The number of nitrogens with zero attached hydrogens (tertiary/aromatic N) is 4. The molecule has 0 bridgehead atoms. The molecule has 2 heterocycles. The van der Waals surface area contributed by atoms with Crippen molar-refractivity contribution in [2.45, 2.75) is 17.0 Å². The lowest BCUT2D eigenvalue weighted by Gasteiger charge is -2.08. The molecular weight excluding hydrogens is 398 g/mol. The second-order valence-electron chi connectivity index (χ2n) is 6.02. The lowest BCUT2D eigenvalue weighted by Crippen LogP contribution is -2.11. The van der Waals surface area contributed by atoms with Crippen molar-refractivity contribution in [2.24, 2.45) is 5.14 Å². The van der Waals surface area contributed by atoms with E-state index in [1.54, 1.807) is 16.6 Å². The van der Waals surface area contributed by atoms with Crippen molar-refractivity contribution in [2.75, 3.05) is 12.4 Å². The average molecular weight is 416 g/mol. The summed E-state index contributed by atoms with van der Waals surface area (Å²) in [5.41, 5.74) is 1.65. The number of hydrogen-bond donors (Lipinski definition) is 1. The van der Waals surface area contributed by atoms with Gasteiger partial charge >= 0.3 is 0 Å². The van der Waals surface area contributed by atoms with E-state index in [9.17, 15) is 8.42 Å². The Hall–Kier alpha value is -2.69. The highest BCUT2D eigenvalue weighted by atomic mass is 32.2. The van der Waals surface area contributed by atoms with E-state index < -0.39 is 10.0 Å². The molecule has 8 nitrogen and oxygen atoms in total. The molecule has 0 aliphatic rings. The quantitative estimate of drug-likeness (QED) is 0.292. The molecule has 0 unspecified atom stereocenters. The molecule has 0 fully saturated rings. The third-order valence-electron chi connectivity index (χ3n) is 3.99. The van der Waals surface area contributed by atoms with Gasteiger partial charge in [0.05, 0.1) is 17.0 Å². The number of sulfonamides is 1. The summed E-state index contributed by atoms with van der Waals surface area (Å²) in [5.74, 6) is 1.89. The van der Waals surface area contributed by atoms with Crippen LogP contribution in [-0.4, -0.2) is 40.4 Å². The van der Waals surface area contributed by atoms with Crippen LogP contribution in [0.1, 0.15) is 5.82 Å². The van der Waals surface area contributed by atoms with Crippen molar-refractivity contribution >= 4 is 38.3 Å². The summed E-state index contributed by atoms with van der Waals surface area (Å²) in [5, 5.41) is 11.2. The minimum Gasteiger partial charge on any atom is -0.493 e. The van der Waals surface area contributed by atoms with E-state index >= 15 is 0 Å². The number of hydrogen-bond acceptors (Lipinski definition) is 7. The molecule has 2 aromatic carbocycles. The maximum atomic E-state index is 11.3. The van der Waals surface area contributed by atoms with Gasteiger partial charge in [0.1, 0.15) is 11.6 Å². The monoisotopic (exact) mass is 415 g/mol. The highest BCUT2D eigenvalue weighted by molar-refractivity contribution is 7.99. The fourth-order valence-electron chi connectivity index (χ4n) is 2.74. The Morgan fingerprint density at radius 2 is 1.86 bits per heavy atom. The van der Waals surface area contributed by atoms with Crippen molar-refractivity contribution in [3.05, 3.63) is 54.4 Å². The number of primary sulfonamides is 1. The van der Waals surface area contributed by atoms with Crippen LogP contribution >= 0.6 is 11.8 Å². The standard InChI is InChI=1S/C18H17N5O3S2/c1-12-20-17-15-4-2-3-5-16(15)21-18(23(17)22-12)27-11-10-26-13-6-8-14(9-7-13)28(19,24)25/h2-9H,10-11H2,1H3,(H2,19,24,25). The number of para-hydroxylation sites is 1. The summed E-state index contributed by atoms with van der Waals surface area (Å²) in [7, 11) is -3.70. The smallest absolute Gasteiger partial charge is 0.238 e. The van der Waals surface area contributed by atoms with E-state index in [-0.39, 0.29) is 4.90 Å². The summed E-state index contributed by atoms with van der Waals surface area (Å²) in [4.78, 5) is 9.26. The Morgan fingerprint density at radius 3 is 2.61 bits per heavy atom. The van der Waals surface area contributed by atoms with E-state index in [0.29, 0.717) is 23.9 Å². The molecule has 2 aromatic heterocycles. The molecule has 0 saturated heterocycles. The normalized spacial score (nSPS) is 11.9. The zero-order valence-corrected chi connectivity index (χ0v) is 16.6. The van der Waals surface area contributed by atoms with Crippen molar-refractivity contribution in [1.82, 2.24) is 19.6 Å². The van der Waals surface area contributed by atoms with Gasteiger partial charge in [0.15, 0.2) is 10.8 Å². The molecule has 0 saturated carbocycles. The fraction of sp³-hybridized carbons (Fsp3) is 0.167. The van der Waals surface area contributed by atoms with Crippen LogP contribution in [0.5, 0.6) is 5.75 Å². The summed E-state index contributed by atoms with van der Waals surface area (Å²) < 4.78 is 30.0. The second kappa shape index (κ2) is 7.38. The predicted molar refractivity (Wildman–Crippen MR) is 107 cm³/mol. The number of fused-ring (bicyclic) bond motifs is 3. The van der Waals surface area contributed by atoms with Crippen LogP contribution < -0.4 is 9.88 Å². The maximum absolute atomic E-state index is 11.3. The van der Waals surface area contributed by atoms with Crippen molar-refractivity contribution in [3.8, 4) is 5.75 Å². The summed E-state index contributed by atoms with van der Waals surface area (Å²) in [6.07, 6.45) is 0. The van der Waals surface area contributed by atoms with Crippen LogP contribution in [-0.2, 0) is 10.0 Å². The first-order valence-corrected chi connectivity index (χ1v) is 11.0. The van der Waals surface area contributed by atoms with Gasteiger partial charge in [-0.3, -0.25) is 0 Å². The maximum Gasteiger partial charge on any atom is 0.238 e. The van der Waals surface area contributed by atoms with Crippen LogP contribution in [0.4, 0.5) is 0 Å². The van der Waals surface area contributed by atoms with Crippen LogP contribution in [0.2, 0.25) is 0 Å². The SMILES string of the molecule is Cc1nc2c3ccccc3nc(SCCOc3ccc(S(N)(=O)=O)cc3)n2n1. The second-order valence-corrected chi connectivity index (χ2v) is 8.64. The minimum atomic E-state index is -3.70. The van der Waals surface area contributed by atoms with Crippen LogP contribution in [0.25, 0.3) is 16.6 Å². The summed E-state index contributed by atoms with van der Waals surface area (Å²) in [6, 6.07) is 13.8. The number of nitrogens with two attached hydrogens (primary N) is 1. The molecule has 0 spiro atoms. The lowest BCUT2D eigenvalue weighted by molar-refractivity contribution is 0.343. The molecule has 4 rings (SSSR count). The summed E-state index contributed by atoms with van der Waals surface area (Å²) >= 11 is 1.51. The number of rotatable bonds is 6. The highest BCUT2D eigenvalue weighted by Crippen LogP contribution is 2.24. The summed E-state index contributed by atoms with van der Waals surface area (Å²) in [6.45, 7) is 2.27. The van der Waals surface area contributed by atoms with Gasteiger partial charge in [-0.25, -0.2) is 23.5 Å². The van der Waals surface area contributed by atoms with Crippen molar-refractivity contribution in [3.63, 3.8) is 0 Å². The van der Waals surface area contributed by atoms with Gasteiger partial charge in [-0.05, 0) is 43.3 Å². The van der Waals surface area contributed by atoms with E-state index in [2.05, 4.69) is 15.1 Å². The number of thioether (sulfide) groups is 1. The predicted octanol–water partition coefficient (Wildman–Crippen LogP) is 2.40. The molecule has 10 heteroatoms. The van der Waals surface area contributed by atoms with Gasteiger partial charge in [-0.1, -0.05) is 23.9 Å². The van der Waals surface area contributed by atoms with E-state index in [1.165, 1.54) is 23.9 Å². The molecule has 0 aliphatic heterocycles. The van der Waals surface area contributed by atoms with E-state index in [1.807, 2.05) is 31.2 Å². The first-order chi connectivity index (χ1) is 13.4. The van der Waals surface area contributed by atoms with Crippen molar-refractivity contribution < 1.29 is 13.2 Å².